The van der Waals surface area contributed by atoms with E-state index in [1.54, 1.807) is 31.4 Å². The summed E-state index contributed by atoms with van der Waals surface area (Å²) in [6.07, 6.45) is 1.56. The van der Waals surface area contributed by atoms with Crippen molar-refractivity contribution in [3.05, 3.63) is 65.6 Å². The quantitative estimate of drug-likeness (QED) is 0.605. The molecule has 0 fully saturated rings. The number of carbonyl (C=O) groups excluding carboxylic acids is 2. The molecule has 0 unspecified atom stereocenters. The van der Waals surface area contributed by atoms with E-state index in [4.69, 9.17) is 12.6 Å². The molecule has 31 heavy (non-hydrogen) atoms. The third-order valence-corrected chi connectivity index (χ3v) is 4.98. The maximum atomic E-state index is 12.8. The average Bonchev–Trinajstić information content (AvgIpc) is 2.86. The number of ether oxygens (including phenoxy) is 1. The predicted octanol–water partition coefficient (Wildman–Crippen LogP) is 2.19. The Morgan fingerprint density at radius 2 is 1.90 bits per heavy atom. The Kier molecular flexibility index (Phi) is 5.37. The van der Waals surface area contributed by atoms with Gasteiger partial charge >= 0.3 is 5.91 Å². The van der Waals surface area contributed by atoms with E-state index in [9.17, 15) is 9.59 Å². The van der Waals surface area contributed by atoms with Crippen molar-refractivity contribution in [3.8, 4) is 17.0 Å². The van der Waals surface area contributed by atoms with Gasteiger partial charge in [-0.15, -0.1) is 0 Å². The van der Waals surface area contributed by atoms with Gasteiger partial charge in [-0.25, -0.2) is 15.0 Å². The van der Waals surface area contributed by atoms with Crippen LogP contribution in [0.15, 0.2) is 53.7 Å². The summed E-state index contributed by atoms with van der Waals surface area (Å²) in [5, 5.41) is 0. The Morgan fingerprint density at radius 1 is 1.16 bits per heavy atom. The Bertz CT molecular complexity index is 1220. The van der Waals surface area contributed by atoms with Gasteiger partial charge < -0.3 is 9.64 Å². The largest absolute Gasteiger partial charge is 0.485 e. The highest BCUT2D eigenvalue weighted by Gasteiger charge is 2.27. The molecule has 2 aromatic carbocycles. The van der Waals surface area contributed by atoms with Crippen LogP contribution in [-0.2, 0) is 4.79 Å². The molecule has 0 N–H and O–H groups in total. The van der Waals surface area contributed by atoms with Crippen LogP contribution in [0.2, 0.25) is 0 Å². The molecule has 2 heterocycles. The van der Waals surface area contributed by atoms with Crippen LogP contribution in [0.5, 0.6) is 5.75 Å². The van der Waals surface area contributed by atoms with Gasteiger partial charge in [-0.3, -0.25) is 9.59 Å². The van der Waals surface area contributed by atoms with E-state index in [-0.39, 0.29) is 18.1 Å². The standard InChI is InChI=1S/C23H19BN4O3/c1-13-4-9-18-19(10-13)31-12-17(23(30)28(18)3)26-22(29)21-25-11-14(2)20(27-21)15-5-7-16(24)8-6-15/h4-11H,12H2,1-3H3. The molecule has 0 spiro atoms. The zero-order chi connectivity index (χ0) is 22.1. The minimum absolute atomic E-state index is 0.0143. The number of benzene rings is 2. The number of aryl methyl sites for hydroxylation is 2. The molecule has 8 heteroatoms. The smallest absolute Gasteiger partial charge is 0.315 e. The van der Waals surface area contributed by atoms with E-state index in [1.807, 2.05) is 38.1 Å². The van der Waals surface area contributed by atoms with Crippen molar-refractivity contribution in [2.75, 3.05) is 18.6 Å². The van der Waals surface area contributed by atoms with Gasteiger partial charge in [-0.05, 0) is 37.1 Å². The molecular weight excluding hydrogens is 391 g/mol. The zero-order valence-corrected chi connectivity index (χ0v) is 17.4. The normalized spacial score (nSPS) is 14.7. The molecule has 1 aliphatic rings. The molecule has 4 rings (SSSR count). The summed E-state index contributed by atoms with van der Waals surface area (Å²) in [5.74, 6) is -0.662. The van der Waals surface area contributed by atoms with Gasteiger partial charge in [0.15, 0.2) is 0 Å². The summed E-state index contributed by atoms with van der Waals surface area (Å²) in [6, 6.07) is 12.7. The molecule has 0 aliphatic carbocycles. The fraction of sp³-hybridized carbons (Fsp3) is 0.174. The van der Waals surface area contributed by atoms with Crippen molar-refractivity contribution in [2.24, 2.45) is 4.99 Å². The minimum Gasteiger partial charge on any atom is -0.485 e. The molecular formula is C23H19BN4O3. The molecule has 2 amide bonds. The first-order valence-corrected chi connectivity index (χ1v) is 9.66. The number of hydrogen-bond acceptors (Lipinski definition) is 5. The van der Waals surface area contributed by atoms with Crippen LogP contribution >= 0.6 is 0 Å². The van der Waals surface area contributed by atoms with Crippen LogP contribution in [0.4, 0.5) is 5.69 Å². The summed E-state index contributed by atoms with van der Waals surface area (Å²) in [7, 11) is 7.37. The SMILES string of the molecule is [B]c1ccc(-c2nc(C(=O)N=C3COc4cc(C)ccc4N(C)C3=O)ncc2C)cc1. The maximum Gasteiger partial charge on any atom is 0.315 e. The van der Waals surface area contributed by atoms with Crippen molar-refractivity contribution in [1.82, 2.24) is 9.97 Å². The van der Waals surface area contributed by atoms with Crippen LogP contribution in [0.25, 0.3) is 11.3 Å². The molecule has 152 valence electrons. The third-order valence-electron chi connectivity index (χ3n) is 4.98. The van der Waals surface area contributed by atoms with E-state index in [0.29, 0.717) is 22.6 Å². The molecule has 3 aromatic rings. The van der Waals surface area contributed by atoms with Gasteiger partial charge in [-0.1, -0.05) is 35.8 Å². The fourth-order valence-corrected chi connectivity index (χ4v) is 3.26. The highest BCUT2D eigenvalue weighted by Crippen LogP contribution is 2.31. The highest BCUT2D eigenvalue weighted by atomic mass is 16.5. The molecule has 7 nitrogen and oxygen atoms in total. The van der Waals surface area contributed by atoms with Gasteiger partial charge in [0.25, 0.3) is 5.91 Å². The Hall–Kier alpha value is -3.81. The molecule has 0 atom stereocenters. The lowest BCUT2D eigenvalue weighted by Gasteiger charge is -2.16. The number of carbonyl (C=O) groups is 2. The molecule has 1 aliphatic heterocycles. The summed E-state index contributed by atoms with van der Waals surface area (Å²) in [4.78, 5) is 39.5. The second kappa shape index (κ2) is 8.14. The third kappa shape index (κ3) is 4.09. The van der Waals surface area contributed by atoms with Gasteiger partial charge in [0, 0.05) is 18.8 Å². The first-order chi connectivity index (χ1) is 14.8. The summed E-state index contributed by atoms with van der Waals surface area (Å²) in [6.45, 7) is 3.66. The predicted molar refractivity (Wildman–Crippen MR) is 119 cm³/mol. The maximum absolute atomic E-state index is 12.8. The lowest BCUT2D eigenvalue weighted by Crippen LogP contribution is -2.34. The van der Waals surface area contributed by atoms with Crippen LogP contribution in [0.1, 0.15) is 21.7 Å². The molecule has 0 bridgehead atoms. The van der Waals surface area contributed by atoms with Crippen molar-refractivity contribution in [2.45, 2.75) is 13.8 Å². The minimum atomic E-state index is -0.709. The monoisotopic (exact) mass is 410 g/mol. The Labute approximate surface area is 181 Å². The van der Waals surface area contributed by atoms with Crippen LogP contribution in [0, 0.1) is 13.8 Å². The van der Waals surface area contributed by atoms with E-state index in [2.05, 4.69) is 15.0 Å². The van der Waals surface area contributed by atoms with E-state index >= 15 is 0 Å². The average molecular weight is 410 g/mol. The number of fused-ring (bicyclic) bond motifs is 1. The van der Waals surface area contributed by atoms with Crippen molar-refractivity contribution < 1.29 is 14.3 Å². The first-order valence-electron chi connectivity index (χ1n) is 9.66. The number of amides is 2. The fourth-order valence-electron chi connectivity index (χ4n) is 3.26. The van der Waals surface area contributed by atoms with Crippen molar-refractivity contribution in [3.63, 3.8) is 0 Å². The number of anilines is 1. The first kappa shape index (κ1) is 20.5. The van der Waals surface area contributed by atoms with E-state index in [0.717, 1.165) is 16.7 Å². The summed E-state index contributed by atoms with van der Waals surface area (Å²) >= 11 is 0. The zero-order valence-electron chi connectivity index (χ0n) is 17.4. The van der Waals surface area contributed by atoms with Crippen molar-refractivity contribution in [1.29, 1.82) is 0 Å². The van der Waals surface area contributed by atoms with Gasteiger partial charge in [-0.2, -0.15) is 0 Å². The van der Waals surface area contributed by atoms with E-state index < -0.39 is 11.8 Å². The number of hydrogen-bond donors (Lipinski definition) is 0. The van der Waals surface area contributed by atoms with E-state index in [1.165, 1.54) is 4.90 Å². The number of rotatable bonds is 2. The molecule has 1 aromatic heterocycles. The van der Waals surface area contributed by atoms with Gasteiger partial charge in [0.05, 0.1) is 11.4 Å². The molecule has 0 saturated heterocycles. The van der Waals surface area contributed by atoms with Crippen molar-refractivity contribution >= 4 is 36.5 Å². The number of nitrogens with zero attached hydrogens (tertiary/aromatic N) is 4. The second-order valence-corrected chi connectivity index (χ2v) is 7.33. The topological polar surface area (TPSA) is 84.8 Å². The molecule has 2 radical (unpaired) electrons. The second-order valence-electron chi connectivity index (χ2n) is 7.33. The summed E-state index contributed by atoms with van der Waals surface area (Å²) < 4.78 is 5.74. The van der Waals surface area contributed by atoms with Gasteiger partial charge in [0.2, 0.25) is 5.82 Å². The molecule has 0 saturated carbocycles. The number of aromatic nitrogens is 2. The lowest BCUT2D eigenvalue weighted by molar-refractivity contribution is -0.112. The van der Waals surface area contributed by atoms with Crippen LogP contribution in [0.3, 0.4) is 0 Å². The Morgan fingerprint density at radius 3 is 2.65 bits per heavy atom. The number of aliphatic imine (C=N–C) groups is 1. The van der Waals surface area contributed by atoms with Crippen LogP contribution in [-0.4, -0.2) is 49.0 Å². The highest BCUT2D eigenvalue weighted by molar-refractivity contribution is 6.46. The summed E-state index contributed by atoms with van der Waals surface area (Å²) in [5.41, 5.74) is 4.43. The Balaban J connectivity index is 1.65. The lowest BCUT2D eigenvalue weighted by atomic mass is 9.94. The van der Waals surface area contributed by atoms with Gasteiger partial charge in [0.1, 0.15) is 25.9 Å². The van der Waals surface area contributed by atoms with Crippen LogP contribution < -0.4 is 15.1 Å².